The topological polar surface area (TPSA) is 66.6 Å². The van der Waals surface area contributed by atoms with E-state index in [1.54, 1.807) is 7.05 Å². The Balaban J connectivity index is 1.39. The highest BCUT2D eigenvalue weighted by Gasteiger charge is 2.05. The molecular formula is C18H22N6S. The second-order valence-corrected chi connectivity index (χ2v) is 6.58. The number of hydrogen-bond donors (Lipinski definition) is 2. The molecule has 2 N–H and O–H groups in total. The van der Waals surface area contributed by atoms with Crippen molar-refractivity contribution in [3.63, 3.8) is 0 Å². The minimum absolute atomic E-state index is 0.573. The van der Waals surface area contributed by atoms with E-state index >= 15 is 0 Å². The van der Waals surface area contributed by atoms with E-state index in [-0.39, 0.29) is 0 Å². The molecule has 6 nitrogen and oxygen atoms in total. The van der Waals surface area contributed by atoms with Gasteiger partial charge in [-0.1, -0.05) is 24.3 Å². The third-order valence-corrected chi connectivity index (χ3v) is 4.75. The van der Waals surface area contributed by atoms with Crippen LogP contribution in [0.1, 0.15) is 12.2 Å². The van der Waals surface area contributed by atoms with Crippen LogP contribution in [-0.2, 0) is 6.54 Å². The zero-order valence-electron chi connectivity index (χ0n) is 14.2. The van der Waals surface area contributed by atoms with Gasteiger partial charge in [-0.2, -0.15) is 0 Å². The van der Waals surface area contributed by atoms with E-state index in [0.717, 1.165) is 36.1 Å². The molecule has 0 aliphatic heterocycles. The number of pyridine rings is 1. The van der Waals surface area contributed by atoms with Crippen molar-refractivity contribution >= 4 is 23.4 Å². The van der Waals surface area contributed by atoms with Crippen LogP contribution in [0.3, 0.4) is 0 Å². The van der Waals surface area contributed by atoms with Crippen LogP contribution in [0, 0.1) is 0 Å². The Morgan fingerprint density at radius 2 is 1.92 bits per heavy atom. The van der Waals surface area contributed by atoms with Gasteiger partial charge in [-0.3, -0.25) is 9.39 Å². The minimum Gasteiger partial charge on any atom is -0.356 e. The normalized spacial score (nSPS) is 11.6. The fourth-order valence-corrected chi connectivity index (χ4v) is 3.25. The summed E-state index contributed by atoms with van der Waals surface area (Å²) in [6, 6.07) is 16.3. The fraction of sp³-hybridized carbons (Fsp3) is 0.278. The van der Waals surface area contributed by atoms with Gasteiger partial charge in [0.1, 0.15) is 0 Å². The molecule has 0 fully saturated rings. The predicted molar refractivity (Wildman–Crippen MR) is 103 cm³/mol. The summed E-state index contributed by atoms with van der Waals surface area (Å²) in [5.41, 5.74) is 0.847. The molecule has 0 bridgehead atoms. The summed E-state index contributed by atoms with van der Waals surface area (Å²) < 4.78 is 1.97. The molecule has 3 rings (SSSR count). The summed E-state index contributed by atoms with van der Waals surface area (Å²) >= 11 is 1.87. The first kappa shape index (κ1) is 17.3. The van der Waals surface area contributed by atoms with Crippen LogP contribution < -0.4 is 10.6 Å². The second kappa shape index (κ2) is 9.08. The summed E-state index contributed by atoms with van der Waals surface area (Å²) in [6.45, 7) is 1.45. The molecule has 0 aliphatic rings. The van der Waals surface area contributed by atoms with Gasteiger partial charge in [-0.25, -0.2) is 0 Å². The van der Waals surface area contributed by atoms with Crippen molar-refractivity contribution in [2.24, 2.45) is 4.99 Å². The predicted octanol–water partition coefficient (Wildman–Crippen LogP) is 2.58. The van der Waals surface area contributed by atoms with Crippen LogP contribution in [0.15, 0.2) is 64.6 Å². The van der Waals surface area contributed by atoms with Gasteiger partial charge in [-0.15, -0.1) is 22.0 Å². The first-order chi connectivity index (χ1) is 12.4. The third kappa shape index (κ3) is 4.96. The van der Waals surface area contributed by atoms with E-state index in [9.17, 15) is 0 Å². The van der Waals surface area contributed by atoms with Crippen LogP contribution in [-0.4, -0.2) is 39.9 Å². The fourth-order valence-electron chi connectivity index (χ4n) is 2.38. The molecule has 0 amide bonds. The number of benzene rings is 1. The zero-order valence-corrected chi connectivity index (χ0v) is 15.0. The molecule has 0 radical (unpaired) electrons. The number of aromatic nitrogens is 3. The standard InChI is InChI=1S/C18H22N6S/c1-19-18(20-11-7-13-25-15-8-3-2-4-9-15)21-14-17-23-22-16-10-5-6-12-24(16)17/h2-6,8-10,12H,7,11,13-14H2,1H3,(H2,19,20,21). The smallest absolute Gasteiger partial charge is 0.191 e. The van der Waals surface area contributed by atoms with E-state index in [2.05, 4.69) is 50.1 Å². The third-order valence-electron chi connectivity index (χ3n) is 3.65. The van der Waals surface area contributed by atoms with Crippen LogP contribution in [0.4, 0.5) is 0 Å². The van der Waals surface area contributed by atoms with Gasteiger partial charge in [0.25, 0.3) is 0 Å². The Morgan fingerprint density at radius 1 is 1.08 bits per heavy atom. The monoisotopic (exact) mass is 354 g/mol. The number of guanidine groups is 1. The largest absolute Gasteiger partial charge is 0.356 e. The molecule has 1 aromatic carbocycles. The van der Waals surface area contributed by atoms with Gasteiger partial charge in [0.2, 0.25) is 0 Å². The molecule has 0 saturated heterocycles. The lowest BCUT2D eigenvalue weighted by atomic mass is 10.4. The molecule has 2 aromatic heterocycles. The number of fused-ring (bicyclic) bond motifs is 1. The van der Waals surface area contributed by atoms with Crippen LogP contribution in [0.5, 0.6) is 0 Å². The molecule has 25 heavy (non-hydrogen) atoms. The van der Waals surface area contributed by atoms with Crippen molar-refractivity contribution in [1.82, 2.24) is 25.2 Å². The van der Waals surface area contributed by atoms with E-state index < -0.39 is 0 Å². The maximum atomic E-state index is 4.25. The number of aliphatic imine (C=N–C) groups is 1. The van der Waals surface area contributed by atoms with Gasteiger partial charge < -0.3 is 10.6 Å². The number of nitrogens with zero attached hydrogens (tertiary/aromatic N) is 4. The van der Waals surface area contributed by atoms with Crippen molar-refractivity contribution in [2.45, 2.75) is 17.9 Å². The van der Waals surface area contributed by atoms with Crippen molar-refractivity contribution in [1.29, 1.82) is 0 Å². The van der Waals surface area contributed by atoms with E-state index in [1.807, 2.05) is 46.6 Å². The molecule has 0 aliphatic carbocycles. The first-order valence-electron chi connectivity index (χ1n) is 8.28. The molecule has 0 spiro atoms. The average Bonchev–Trinajstić information content (AvgIpc) is 3.08. The SMILES string of the molecule is CN=C(NCCCSc1ccccc1)NCc1nnc2ccccn12. The molecular weight excluding hydrogens is 332 g/mol. The maximum Gasteiger partial charge on any atom is 0.191 e. The number of nitrogens with one attached hydrogen (secondary N) is 2. The van der Waals surface area contributed by atoms with E-state index in [0.29, 0.717) is 6.54 Å². The Morgan fingerprint density at radius 3 is 2.76 bits per heavy atom. The van der Waals surface area contributed by atoms with Gasteiger partial charge in [-0.05, 0) is 36.4 Å². The summed E-state index contributed by atoms with van der Waals surface area (Å²) in [6.07, 6.45) is 3.03. The number of hydrogen-bond acceptors (Lipinski definition) is 4. The summed E-state index contributed by atoms with van der Waals surface area (Å²) in [4.78, 5) is 5.56. The number of rotatable bonds is 7. The zero-order chi connectivity index (χ0) is 17.3. The molecule has 7 heteroatoms. The van der Waals surface area contributed by atoms with Gasteiger partial charge in [0.15, 0.2) is 17.4 Å². The Bertz CT molecular complexity index is 815. The van der Waals surface area contributed by atoms with Crippen molar-refractivity contribution in [3.05, 3.63) is 60.6 Å². The Labute approximate surface area is 151 Å². The lowest BCUT2D eigenvalue weighted by molar-refractivity contribution is 0.753. The first-order valence-corrected chi connectivity index (χ1v) is 9.26. The van der Waals surface area contributed by atoms with Gasteiger partial charge >= 0.3 is 0 Å². The Kier molecular flexibility index (Phi) is 6.28. The molecule has 2 heterocycles. The average molecular weight is 354 g/mol. The quantitative estimate of drug-likeness (QED) is 0.295. The molecule has 0 saturated carbocycles. The van der Waals surface area contributed by atoms with Crippen LogP contribution in [0.2, 0.25) is 0 Å². The lowest BCUT2D eigenvalue weighted by Gasteiger charge is -2.11. The molecule has 0 atom stereocenters. The summed E-state index contributed by atoms with van der Waals surface area (Å²) in [5, 5.41) is 15.0. The highest BCUT2D eigenvalue weighted by molar-refractivity contribution is 7.99. The van der Waals surface area contributed by atoms with Crippen molar-refractivity contribution in [2.75, 3.05) is 19.3 Å². The molecule has 130 valence electrons. The second-order valence-electron chi connectivity index (χ2n) is 5.41. The summed E-state index contributed by atoms with van der Waals surface area (Å²) in [7, 11) is 1.77. The highest BCUT2D eigenvalue weighted by atomic mass is 32.2. The minimum atomic E-state index is 0.573. The van der Waals surface area contributed by atoms with Crippen LogP contribution in [0.25, 0.3) is 5.65 Å². The summed E-state index contributed by atoms with van der Waals surface area (Å²) in [5.74, 6) is 2.71. The Hall–Kier alpha value is -2.54. The van der Waals surface area contributed by atoms with Crippen LogP contribution >= 0.6 is 11.8 Å². The van der Waals surface area contributed by atoms with E-state index in [4.69, 9.17) is 0 Å². The van der Waals surface area contributed by atoms with E-state index in [1.165, 1.54) is 4.90 Å². The number of thioether (sulfide) groups is 1. The molecule has 3 aromatic rings. The highest BCUT2D eigenvalue weighted by Crippen LogP contribution is 2.17. The van der Waals surface area contributed by atoms with Crippen molar-refractivity contribution in [3.8, 4) is 0 Å². The lowest BCUT2D eigenvalue weighted by Crippen LogP contribution is -2.37. The molecule has 0 unspecified atom stereocenters. The van der Waals surface area contributed by atoms with Gasteiger partial charge in [0, 0.05) is 24.7 Å². The van der Waals surface area contributed by atoms with Crippen molar-refractivity contribution < 1.29 is 0 Å². The maximum absolute atomic E-state index is 4.25. The van der Waals surface area contributed by atoms with Gasteiger partial charge in [0.05, 0.1) is 6.54 Å².